The van der Waals surface area contributed by atoms with Gasteiger partial charge in [-0.1, -0.05) is 24.3 Å². The number of para-hydroxylation sites is 1. The summed E-state index contributed by atoms with van der Waals surface area (Å²) in [6.07, 6.45) is 4.79. The lowest BCUT2D eigenvalue weighted by atomic mass is 10.1. The molecule has 0 aliphatic heterocycles. The van der Waals surface area contributed by atoms with Gasteiger partial charge in [-0.2, -0.15) is 0 Å². The van der Waals surface area contributed by atoms with Crippen LogP contribution >= 0.6 is 0 Å². The maximum Gasteiger partial charge on any atom is 0.213 e. The van der Waals surface area contributed by atoms with Gasteiger partial charge in [0.2, 0.25) is 5.88 Å². The van der Waals surface area contributed by atoms with Crippen molar-refractivity contribution in [1.82, 2.24) is 20.6 Å². The molecule has 0 amide bonds. The molecule has 0 bridgehead atoms. The number of nitrogens with zero attached hydrogens (tertiary/aromatic N) is 2. The Kier molecular flexibility index (Phi) is 7.89. The van der Waals surface area contributed by atoms with Gasteiger partial charge in [0.1, 0.15) is 6.61 Å². The van der Waals surface area contributed by atoms with E-state index in [9.17, 15) is 0 Å². The molecule has 0 aliphatic rings. The van der Waals surface area contributed by atoms with Crippen molar-refractivity contribution in [3.8, 4) is 5.88 Å². The quantitative estimate of drug-likeness (QED) is 0.279. The molecule has 0 fully saturated rings. The van der Waals surface area contributed by atoms with Crippen LogP contribution < -0.4 is 15.4 Å². The highest BCUT2D eigenvalue weighted by Crippen LogP contribution is 2.17. The minimum absolute atomic E-state index is 0.492. The maximum absolute atomic E-state index is 5.49. The highest BCUT2D eigenvalue weighted by molar-refractivity contribution is 5.83. The first-order valence-electron chi connectivity index (χ1n) is 9.94. The van der Waals surface area contributed by atoms with Crippen molar-refractivity contribution < 1.29 is 9.47 Å². The number of rotatable bonds is 10. The van der Waals surface area contributed by atoms with Crippen molar-refractivity contribution in [3.05, 3.63) is 59.9 Å². The SMILES string of the molecule is CCNC(=NCc1ccc(OCCOC)nc1)NCCc1c[nH]c2ccccc12. The standard InChI is InChI=1S/C22H29N5O2/c1-3-23-22(24-11-10-18-16-25-20-7-5-4-6-19(18)20)27-15-17-8-9-21(26-14-17)29-13-12-28-2/h4-9,14,16,25H,3,10-13,15H2,1-2H3,(H2,23,24,27). The van der Waals surface area contributed by atoms with Crippen molar-refractivity contribution in [2.24, 2.45) is 4.99 Å². The lowest BCUT2D eigenvalue weighted by molar-refractivity contribution is 0.143. The Morgan fingerprint density at radius 1 is 1.14 bits per heavy atom. The van der Waals surface area contributed by atoms with Gasteiger partial charge in [0.15, 0.2) is 5.96 Å². The molecule has 0 aliphatic carbocycles. The molecular formula is C22H29N5O2. The number of methoxy groups -OCH3 is 1. The fourth-order valence-corrected chi connectivity index (χ4v) is 2.99. The zero-order valence-corrected chi connectivity index (χ0v) is 17.1. The van der Waals surface area contributed by atoms with E-state index in [-0.39, 0.29) is 0 Å². The number of ether oxygens (including phenoxy) is 2. The third-order valence-corrected chi connectivity index (χ3v) is 4.46. The normalized spacial score (nSPS) is 11.6. The average molecular weight is 396 g/mol. The summed E-state index contributed by atoms with van der Waals surface area (Å²) in [5, 5.41) is 7.97. The highest BCUT2D eigenvalue weighted by atomic mass is 16.5. The molecular weight excluding hydrogens is 366 g/mol. The van der Waals surface area contributed by atoms with Gasteiger partial charge < -0.3 is 25.1 Å². The third-order valence-electron chi connectivity index (χ3n) is 4.46. The number of nitrogens with one attached hydrogen (secondary N) is 3. The predicted molar refractivity (Wildman–Crippen MR) is 116 cm³/mol. The minimum atomic E-state index is 0.492. The number of fused-ring (bicyclic) bond motifs is 1. The van der Waals surface area contributed by atoms with E-state index >= 15 is 0 Å². The number of pyridine rings is 1. The van der Waals surface area contributed by atoms with Crippen LogP contribution in [0.1, 0.15) is 18.1 Å². The third kappa shape index (κ3) is 6.22. The van der Waals surface area contributed by atoms with Crippen LogP contribution in [0.15, 0.2) is 53.8 Å². The molecule has 0 saturated heterocycles. The van der Waals surface area contributed by atoms with Gasteiger partial charge in [0.25, 0.3) is 0 Å². The first-order chi connectivity index (χ1) is 14.3. The molecule has 2 heterocycles. The molecule has 0 unspecified atom stereocenters. The van der Waals surface area contributed by atoms with Gasteiger partial charge in [-0.25, -0.2) is 9.98 Å². The number of aromatic amines is 1. The van der Waals surface area contributed by atoms with Gasteiger partial charge in [0.05, 0.1) is 13.2 Å². The van der Waals surface area contributed by atoms with Crippen molar-refractivity contribution in [1.29, 1.82) is 0 Å². The fraction of sp³-hybridized carbons (Fsp3) is 0.364. The van der Waals surface area contributed by atoms with Crippen molar-refractivity contribution in [2.45, 2.75) is 19.9 Å². The highest BCUT2D eigenvalue weighted by Gasteiger charge is 2.04. The number of aromatic nitrogens is 2. The fourth-order valence-electron chi connectivity index (χ4n) is 2.99. The Labute approximate surface area is 171 Å². The topological polar surface area (TPSA) is 83.6 Å². The Bertz CT molecular complexity index is 905. The van der Waals surface area contributed by atoms with Gasteiger partial charge in [-0.05, 0) is 30.5 Å². The zero-order chi connectivity index (χ0) is 20.3. The molecule has 0 spiro atoms. The van der Waals surface area contributed by atoms with Gasteiger partial charge in [-0.15, -0.1) is 0 Å². The monoisotopic (exact) mass is 395 g/mol. The summed E-state index contributed by atoms with van der Waals surface area (Å²) in [7, 11) is 1.65. The summed E-state index contributed by atoms with van der Waals surface area (Å²) in [6.45, 7) is 5.26. The van der Waals surface area contributed by atoms with E-state index < -0.39 is 0 Å². The molecule has 7 heteroatoms. The summed E-state index contributed by atoms with van der Waals surface area (Å²) in [4.78, 5) is 12.3. The Morgan fingerprint density at radius 3 is 2.83 bits per heavy atom. The number of benzene rings is 1. The number of hydrogen-bond acceptors (Lipinski definition) is 4. The lowest BCUT2D eigenvalue weighted by Gasteiger charge is -2.11. The van der Waals surface area contributed by atoms with E-state index in [1.54, 1.807) is 13.3 Å². The Morgan fingerprint density at radius 2 is 2.03 bits per heavy atom. The number of guanidine groups is 1. The molecule has 1 aromatic carbocycles. The van der Waals surface area contributed by atoms with Crippen molar-refractivity contribution in [2.75, 3.05) is 33.4 Å². The van der Waals surface area contributed by atoms with E-state index in [0.29, 0.717) is 25.6 Å². The van der Waals surface area contributed by atoms with Crippen LogP contribution in [0.4, 0.5) is 0 Å². The summed E-state index contributed by atoms with van der Waals surface area (Å²) in [6, 6.07) is 12.2. The first-order valence-corrected chi connectivity index (χ1v) is 9.94. The summed E-state index contributed by atoms with van der Waals surface area (Å²) < 4.78 is 10.5. The lowest BCUT2D eigenvalue weighted by Crippen LogP contribution is -2.38. The smallest absolute Gasteiger partial charge is 0.213 e. The second-order valence-electron chi connectivity index (χ2n) is 6.58. The molecule has 154 valence electrons. The summed E-state index contributed by atoms with van der Waals surface area (Å²) >= 11 is 0. The molecule has 3 N–H and O–H groups in total. The predicted octanol–water partition coefficient (Wildman–Crippen LogP) is 2.89. The molecule has 2 aromatic heterocycles. The molecule has 0 saturated carbocycles. The molecule has 0 atom stereocenters. The summed E-state index contributed by atoms with van der Waals surface area (Å²) in [5.74, 6) is 1.39. The first kappa shape index (κ1) is 20.7. The number of aliphatic imine (C=N–C) groups is 1. The van der Waals surface area contributed by atoms with Crippen LogP contribution in [0, 0.1) is 0 Å². The number of hydrogen-bond donors (Lipinski definition) is 3. The second kappa shape index (κ2) is 11.1. The molecule has 0 radical (unpaired) electrons. The molecule has 3 rings (SSSR count). The van der Waals surface area contributed by atoms with Crippen LogP contribution in [0.25, 0.3) is 10.9 Å². The van der Waals surface area contributed by atoms with Crippen LogP contribution in [-0.2, 0) is 17.7 Å². The number of H-pyrrole nitrogens is 1. The van der Waals surface area contributed by atoms with Crippen LogP contribution in [0.3, 0.4) is 0 Å². The van der Waals surface area contributed by atoms with E-state index in [1.807, 2.05) is 18.2 Å². The molecule has 3 aromatic rings. The van der Waals surface area contributed by atoms with Crippen LogP contribution in [0.5, 0.6) is 5.88 Å². The van der Waals surface area contributed by atoms with Crippen LogP contribution in [0.2, 0.25) is 0 Å². The largest absolute Gasteiger partial charge is 0.475 e. The Balaban J connectivity index is 1.51. The molecule has 7 nitrogen and oxygen atoms in total. The Hall–Kier alpha value is -3.06. The summed E-state index contributed by atoms with van der Waals surface area (Å²) in [5.41, 5.74) is 3.50. The van der Waals surface area contributed by atoms with E-state index in [4.69, 9.17) is 9.47 Å². The maximum atomic E-state index is 5.49. The van der Waals surface area contributed by atoms with Gasteiger partial charge in [-0.3, -0.25) is 0 Å². The van der Waals surface area contributed by atoms with E-state index in [2.05, 4.69) is 56.9 Å². The molecule has 29 heavy (non-hydrogen) atoms. The van der Waals surface area contributed by atoms with Gasteiger partial charge >= 0.3 is 0 Å². The van der Waals surface area contributed by atoms with E-state index in [0.717, 1.165) is 31.0 Å². The zero-order valence-electron chi connectivity index (χ0n) is 17.1. The minimum Gasteiger partial charge on any atom is -0.475 e. The van der Waals surface area contributed by atoms with Crippen molar-refractivity contribution in [3.63, 3.8) is 0 Å². The van der Waals surface area contributed by atoms with Gasteiger partial charge in [0, 0.05) is 49.6 Å². The van der Waals surface area contributed by atoms with E-state index in [1.165, 1.54) is 16.5 Å². The van der Waals surface area contributed by atoms with Crippen LogP contribution in [-0.4, -0.2) is 49.3 Å². The average Bonchev–Trinajstić information content (AvgIpc) is 3.16. The second-order valence-corrected chi connectivity index (χ2v) is 6.58. The van der Waals surface area contributed by atoms with Crippen molar-refractivity contribution >= 4 is 16.9 Å².